The molecule has 0 bridgehead atoms. The minimum Gasteiger partial charge on any atom is -0.508 e. The summed E-state index contributed by atoms with van der Waals surface area (Å²) in [5.41, 5.74) is 2.24. The molecule has 0 aromatic heterocycles. The van der Waals surface area contributed by atoms with Gasteiger partial charge < -0.3 is 10.4 Å². The van der Waals surface area contributed by atoms with Crippen LogP contribution in [0.15, 0.2) is 18.2 Å². The van der Waals surface area contributed by atoms with Crippen LogP contribution in [0.1, 0.15) is 30.9 Å². The standard InChI is InChI=1S/C15H24N2O/c1-3-17(11-14-5-4-8-16-14)10-13-9-12(2)6-7-15(13)18/h6-7,9,14,16,18H,3-5,8,10-11H2,1-2H3. The van der Waals surface area contributed by atoms with E-state index in [2.05, 4.69) is 30.1 Å². The van der Waals surface area contributed by atoms with Gasteiger partial charge in [0.1, 0.15) is 5.75 Å². The third-order valence-corrected chi connectivity index (χ3v) is 3.72. The molecule has 1 aromatic rings. The molecule has 100 valence electrons. The zero-order valence-electron chi connectivity index (χ0n) is 11.4. The van der Waals surface area contributed by atoms with Gasteiger partial charge in [-0.1, -0.05) is 24.6 Å². The number of phenols is 1. The summed E-state index contributed by atoms with van der Waals surface area (Å²) < 4.78 is 0. The monoisotopic (exact) mass is 248 g/mol. The molecular formula is C15H24N2O. The number of hydrogen-bond donors (Lipinski definition) is 2. The Balaban J connectivity index is 1.98. The molecule has 1 unspecified atom stereocenters. The molecular weight excluding hydrogens is 224 g/mol. The molecule has 0 spiro atoms. The smallest absolute Gasteiger partial charge is 0.120 e. The Labute approximate surface area is 110 Å². The molecule has 1 aromatic carbocycles. The lowest BCUT2D eigenvalue weighted by atomic mass is 10.1. The molecule has 0 aliphatic carbocycles. The van der Waals surface area contributed by atoms with Crippen molar-refractivity contribution in [3.8, 4) is 5.75 Å². The van der Waals surface area contributed by atoms with E-state index in [-0.39, 0.29) is 0 Å². The Morgan fingerprint density at radius 2 is 2.28 bits per heavy atom. The van der Waals surface area contributed by atoms with Crippen molar-refractivity contribution in [2.24, 2.45) is 0 Å². The van der Waals surface area contributed by atoms with Crippen molar-refractivity contribution in [3.63, 3.8) is 0 Å². The number of phenolic OH excluding ortho intramolecular Hbond substituents is 1. The molecule has 0 radical (unpaired) electrons. The first-order valence-corrected chi connectivity index (χ1v) is 6.93. The van der Waals surface area contributed by atoms with Gasteiger partial charge in [-0.3, -0.25) is 4.90 Å². The largest absolute Gasteiger partial charge is 0.508 e. The van der Waals surface area contributed by atoms with Gasteiger partial charge >= 0.3 is 0 Å². The molecule has 3 nitrogen and oxygen atoms in total. The molecule has 0 amide bonds. The summed E-state index contributed by atoms with van der Waals surface area (Å²) in [7, 11) is 0. The van der Waals surface area contributed by atoms with Crippen LogP contribution in [-0.2, 0) is 6.54 Å². The highest BCUT2D eigenvalue weighted by Crippen LogP contribution is 2.20. The predicted molar refractivity (Wildman–Crippen MR) is 74.8 cm³/mol. The summed E-state index contributed by atoms with van der Waals surface area (Å²) in [5.74, 6) is 0.415. The Morgan fingerprint density at radius 1 is 1.44 bits per heavy atom. The highest BCUT2D eigenvalue weighted by molar-refractivity contribution is 5.35. The minimum atomic E-state index is 0.415. The average Bonchev–Trinajstić information content (AvgIpc) is 2.85. The van der Waals surface area contributed by atoms with E-state index in [0.29, 0.717) is 11.8 Å². The highest BCUT2D eigenvalue weighted by Gasteiger charge is 2.17. The Hall–Kier alpha value is -1.06. The summed E-state index contributed by atoms with van der Waals surface area (Å²) >= 11 is 0. The Bertz CT molecular complexity index is 386. The summed E-state index contributed by atoms with van der Waals surface area (Å²) in [6, 6.07) is 6.46. The number of rotatable bonds is 5. The lowest BCUT2D eigenvalue weighted by Crippen LogP contribution is -2.37. The summed E-state index contributed by atoms with van der Waals surface area (Å²) in [4.78, 5) is 2.40. The Kier molecular flexibility index (Phi) is 4.61. The van der Waals surface area contributed by atoms with Crippen LogP contribution >= 0.6 is 0 Å². The lowest BCUT2D eigenvalue weighted by molar-refractivity contribution is 0.250. The van der Waals surface area contributed by atoms with E-state index < -0.39 is 0 Å². The van der Waals surface area contributed by atoms with Crippen LogP contribution in [0.25, 0.3) is 0 Å². The zero-order chi connectivity index (χ0) is 13.0. The fourth-order valence-corrected chi connectivity index (χ4v) is 2.61. The van der Waals surface area contributed by atoms with Gasteiger partial charge in [-0.15, -0.1) is 0 Å². The molecule has 3 heteroatoms. The first kappa shape index (κ1) is 13.4. The number of likely N-dealkylation sites (N-methyl/N-ethyl adjacent to an activating group) is 1. The first-order chi connectivity index (χ1) is 8.69. The van der Waals surface area contributed by atoms with Crippen molar-refractivity contribution >= 4 is 0 Å². The topological polar surface area (TPSA) is 35.5 Å². The molecule has 18 heavy (non-hydrogen) atoms. The number of nitrogens with zero attached hydrogens (tertiary/aromatic N) is 1. The first-order valence-electron chi connectivity index (χ1n) is 6.93. The number of nitrogens with one attached hydrogen (secondary N) is 1. The number of aromatic hydroxyl groups is 1. The second-order valence-electron chi connectivity index (χ2n) is 5.25. The SMILES string of the molecule is CCN(Cc1cc(C)ccc1O)CC1CCCN1. The maximum absolute atomic E-state index is 9.90. The van der Waals surface area contributed by atoms with Gasteiger partial charge in [-0.25, -0.2) is 0 Å². The minimum absolute atomic E-state index is 0.415. The fourth-order valence-electron chi connectivity index (χ4n) is 2.61. The molecule has 1 heterocycles. The van der Waals surface area contributed by atoms with Crippen molar-refractivity contribution in [3.05, 3.63) is 29.3 Å². The van der Waals surface area contributed by atoms with Crippen molar-refractivity contribution in [2.75, 3.05) is 19.6 Å². The van der Waals surface area contributed by atoms with Crippen LogP contribution in [0, 0.1) is 6.92 Å². The van der Waals surface area contributed by atoms with Crippen molar-refractivity contribution < 1.29 is 5.11 Å². The molecule has 1 aliphatic heterocycles. The quantitative estimate of drug-likeness (QED) is 0.839. The predicted octanol–water partition coefficient (Wildman–Crippen LogP) is 2.27. The maximum atomic E-state index is 9.90. The Morgan fingerprint density at radius 3 is 2.94 bits per heavy atom. The van der Waals surface area contributed by atoms with Crippen LogP contribution in [-0.4, -0.2) is 35.7 Å². The van der Waals surface area contributed by atoms with Crippen LogP contribution in [0.4, 0.5) is 0 Å². The highest BCUT2D eigenvalue weighted by atomic mass is 16.3. The second kappa shape index (κ2) is 6.21. The average molecular weight is 248 g/mol. The van der Waals surface area contributed by atoms with E-state index >= 15 is 0 Å². The molecule has 2 rings (SSSR count). The molecule has 1 fully saturated rings. The molecule has 1 aliphatic rings. The number of aryl methyl sites for hydroxylation is 1. The van der Waals surface area contributed by atoms with E-state index in [0.717, 1.165) is 31.7 Å². The number of hydrogen-bond acceptors (Lipinski definition) is 3. The summed E-state index contributed by atoms with van der Waals surface area (Å²) in [6.07, 6.45) is 2.56. The van der Waals surface area contributed by atoms with E-state index in [1.165, 1.54) is 18.4 Å². The summed E-state index contributed by atoms with van der Waals surface area (Å²) in [6.45, 7) is 8.33. The zero-order valence-corrected chi connectivity index (χ0v) is 11.4. The molecule has 1 saturated heterocycles. The lowest BCUT2D eigenvalue weighted by Gasteiger charge is -2.24. The van der Waals surface area contributed by atoms with Crippen molar-refractivity contribution in [1.82, 2.24) is 10.2 Å². The van der Waals surface area contributed by atoms with Gasteiger partial charge in [-0.05, 0) is 38.9 Å². The fraction of sp³-hybridized carbons (Fsp3) is 0.600. The molecule has 2 N–H and O–H groups in total. The second-order valence-corrected chi connectivity index (χ2v) is 5.25. The van der Waals surface area contributed by atoms with Gasteiger partial charge in [0.05, 0.1) is 0 Å². The van der Waals surface area contributed by atoms with Crippen LogP contribution in [0.5, 0.6) is 5.75 Å². The van der Waals surface area contributed by atoms with Crippen LogP contribution in [0.2, 0.25) is 0 Å². The van der Waals surface area contributed by atoms with Gasteiger partial charge in [0.25, 0.3) is 0 Å². The summed E-state index contributed by atoms with van der Waals surface area (Å²) in [5, 5.41) is 13.4. The van der Waals surface area contributed by atoms with Gasteiger partial charge in [0, 0.05) is 24.7 Å². The van der Waals surface area contributed by atoms with E-state index in [9.17, 15) is 5.11 Å². The normalized spacial score (nSPS) is 19.6. The van der Waals surface area contributed by atoms with Crippen LogP contribution < -0.4 is 5.32 Å². The third-order valence-electron chi connectivity index (χ3n) is 3.72. The molecule has 1 atom stereocenters. The third kappa shape index (κ3) is 3.47. The van der Waals surface area contributed by atoms with Gasteiger partial charge in [0.2, 0.25) is 0 Å². The van der Waals surface area contributed by atoms with Crippen LogP contribution in [0.3, 0.4) is 0 Å². The molecule has 0 saturated carbocycles. The van der Waals surface area contributed by atoms with Gasteiger partial charge in [0.15, 0.2) is 0 Å². The van der Waals surface area contributed by atoms with E-state index in [1.807, 2.05) is 6.07 Å². The van der Waals surface area contributed by atoms with E-state index in [4.69, 9.17) is 0 Å². The number of benzene rings is 1. The van der Waals surface area contributed by atoms with Crippen molar-refractivity contribution in [1.29, 1.82) is 0 Å². The maximum Gasteiger partial charge on any atom is 0.120 e. The van der Waals surface area contributed by atoms with Gasteiger partial charge in [-0.2, -0.15) is 0 Å². The van der Waals surface area contributed by atoms with E-state index in [1.54, 1.807) is 6.07 Å². The van der Waals surface area contributed by atoms with Crippen molar-refractivity contribution in [2.45, 2.75) is 39.3 Å².